The van der Waals surface area contributed by atoms with Crippen LogP contribution in [0.4, 0.5) is 0 Å². The molecule has 0 aromatic rings. The first-order valence-corrected chi connectivity index (χ1v) is 6.00. The second-order valence-corrected chi connectivity index (χ2v) is 4.52. The second-order valence-electron chi connectivity index (χ2n) is 4.52. The van der Waals surface area contributed by atoms with Gasteiger partial charge in [-0.15, -0.1) is 0 Å². The van der Waals surface area contributed by atoms with Crippen LogP contribution in [0.3, 0.4) is 0 Å². The van der Waals surface area contributed by atoms with Gasteiger partial charge in [0.1, 0.15) is 0 Å². The lowest BCUT2D eigenvalue weighted by Crippen LogP contribution is -2.51. The van der Waals surface area contributed by atoms with Crippen LogP contribution in [0, 0.1) is 0 Å². The van der Waals surface area contributed by atoms with Crippen LogP contribution in [0.15, 0.2) is 0 Å². The first kappa shape index (κ1) is 13.5. The number of esters is 1. The largest absolute Gasteiger partial charge is 0.469 e. The minimum Gasteiger partial charge on any atom is -0.469 e. The number of carbonyl (C=O) groups excluding carboxylic acids is 1. The number of ether oxygens (including phenoxy) is 2. The van der Waals surface area contributed by atoms with Crippen molar-refractivity contribution in [3.63, 3.8) is 0 Å². The van der Waals surface area contributed by atoms with Crippen LogP contribution >= 0.6 is 0 Å². The van der Waals surface area contributed by atoms with Gasteiger partial charge in [-0.1, -0.05) is 6.92 Å². The van der Waals surface area contributed by atoms with E-state index in [1.54, 1.807) is 7.11 Å². The summed E-state index contributed by atoms with van der Waals surface area (Å²) in [5.74, 6) is -0.141. The number of methoxy groups -OCH3 is 2. The Bertz CT molecular complexity index is 228. The molecule has 1 rings (SSSR count). The van der Waals surface area contributed by atoms with Crippen molar-refractivity contribution in [3.8, 4) is 0 Å². The third kappa shape index (κ3) is 3.46. The average Bonchev–Trinajstić information content (AvgIpc) is 2.29. The molecule has 0 amide bonds. The van der Waals surface area contributed by atoms with E-state index < -0.39 is 0 Å². The van der Waals surface area contributed by atoms with Crippen molar-refractivity contribution in [2.24, 2.45) is 0 Å². The molecule has 0 aliphatic heterocycles. The fourth-order valence-corrected chi connectivity index (χ4v) is 2.62. The summed E-state index contributed by atoms with van der Waals surface area (Å²) in [6.07, 6.45) is 4.81. The Balaban J connectivity index is 2.66. The van der Waals surface area contributed by atoms with Gasteiger partial charge in [-0.3, -0.25) is 4.79 Å². The normalized spacial score (nSPS) is 30.1. The Morgan fingerprint density at radius 2 is 2.25 bits per heavy atom. The molecule has 1 N–H and O–H groups in total. The molecule has 0 saturated heterocycles. The first-order chi connectivity index (χ1) is 7.65. The molecule has 0 radical (unpaired) electrons. The molecule has 2 atom stereocenters. The molecule has 0 aromatic carbocycles. The highest BCUT2D eigenvalue weighted by atomic mass is 16.5. The molecule has 4 nitrogen and oxygen atoms in total. The highest BCUT2D eigenvalue weighted by Gasteiger charge is 2.37. The van der Waals surface area contributed by atoms with Gasteiger partial charge in [-0.05, 0) is 32.2 Å². The topological polar surface area (TPSA) is 47.6 Å². The smallest absolute Gasteiger partial charge is 0.307 e. The van der Waals surface area contributed by atoms with E-state index in [1.165, 1.54) is 7.11 Å². The van der Waals surface area contributed by atoms with Gasteiger partial charge in [-0.25, -0.2) is 0 Å². The second kappa shape index (κ2) is 6.21. The van der Waals surface area contributed by atoms with E-state index in [2.05, 4.69) is 12.2 Å². The SMILES string of the molecule is CCNC1(CC(=O)OC)CCCC(OC)C1. The lowest BCUT2D eigenvalue weighted by molar-refractivity contribution is -0.143. The molecule has 1 aliphatic carbocycles. The maximum atomic E-state index is 11.5. The van der Waals surface area contributed by atoms with Gasteiger partial charge in [0.15, 0.2) is 0 Å². The van der Waals surface area contributed by atoms with Crippen molar-refractivity contribution >= 4 is 5.97 Å². The molecule has 0 spiro atoms. The van der Waals surface area contributed by atoms with Crippen LogP contribution in [0.1, 0.15) is 39.0 Å². The lowest BCUT2D eigenvalue weighted by atomic mass is 9.77. The molecule has 0 aromatic heterocycles. The van der Waals surface area contributed by atoms with Gasteiger partial charge in [0.2, 0.25) is 0 Å². The summed E-state index contributed by atoms with van der Waals surface area (Å²) in [5.41, 5.74) is -0.124. The minimum absolute atomic E-state index is 0.124. The summed E-state index contributed by atoms with van der Waals surface area (Å²) < 4.78 is 10.2. The molecule has 16 heavy (non-hydrogen) atoms. The van der Waals surface area contributed by atoms with Crippen LogP contribution < -0.4 is 5.32 Å². The predicted molar refractivity (Wildman–Crippen MR) is 62.3 cm³/mol. The van der Waals surface area contributed by atoms with Crippen LogP contribution in [0.5, 0.6) is 0 Å². The molecule has 0 heterocycles. The number of carbonyl (C=O) groups is 1. The molecular formula is C12H23NO3. The zero-order valence-electron chi connectivity index (χ0n) is 10.5. The highest BCUT2D eigenvalue weighted by molar-refractivity contribution is 5.70. The van der Waals surface area contributed by atoms with E-state index >= 15 is 0 Å². The standard InChI is InChI=1S/C12H23NO3/c1-4-13-12(9-11(14)16-3)7-5-6-10(8-12)15-2/h10,13H,4-9H2,1-3H3. The van der Waals surface area contributed by atoms with Gasteiger partial charge < -0.3 is 14.8 Å². The van der Waals surface area contributed by atoms with Gasteiger partial charge in [-0.2, -0.15) is 0 Å². The van der Waals surface area contributed by atoms with Crippen molar-refractivity contribution in [3.05, 3.63) is 0 Å². The molecule has 1 fully saturated rings. The van der Waals surface area contributed by atoms with Crippen molar-refractivity contribution < 1.29 is 14.3 Å². The molecule has 0 bridgehead atoms. The Morgan fingerprint density at radius 3 is 2.81 bits per heavy atom. The van der Waals surface area contributed by atoms with Crippen LogP contribution in [0.2, 0.25) is 0 Å². The maximum Gasteiger partial charge on any atom is 0.307 e. The predicted octanol–water partition coefficient (Wildman–Crippen LogP) is 1.49. The van der Waals surface area contributed by atoms with Gasteiger partial charge in [0.05, 0.1) is 19.6 Å². The van der Waals surface area contributed by atoms with Gasteiger partial charge in [0, 0.05) is 12.6 Å². The molecule has 4 heteroatoms. The Kier molecular flexibility index (Phi) is 5.22. The number of nitrogens with one attached hydrogen (secondary N) is 1. The zero-order chi connectivity index (χ0) is 12.0. The van der Waals surface area contributed by atoms with Crippen molar-refractivity contribution in [1.82, 2.24) is 5.32 Å². The summed E-state index contributed by atoms with van der Waals surface area (Å²) in [6, 6.07) is 0. The summed E-state index contributed by atoms with van der Waals surface area (Å²) in [7, 11) is 3.18. The molecular weight excluding hydrogens is 206 g/mol. The summed E-state index contributed by atoms with van der Waals surface area (Å²) in [4.78, 5) is 11.5. The Hall–Kier alpha value is -0.610. The Morgan fingerprint density at radius 1 is 1.50 bits per heavy atom. The molecule has 94 valence electrons. The van der Waals surface area contributed by atoms with E-state index in [0.717, 1.165) is 32.2 Å². The average molecular weight is 229 g/mol. The number of hydrogen-bond donors (Lipinski definition) is 1. The van der Waals surface area contributed by atoms with E-state index in [9.17, 15) is 4.79 Å². The fraction of sp³-hybridized carbons (Fsp3) is 0.917. The van der Waals surface area contributed by atoms with Gasteiger partial charge in [0.25, 0.3) is 0 Å². The summed E-state index contributed by atoms with van der Waals surface area (Å²) >= 11 is 0. The van der Waals surface area contributed by atoms with E-state index in [-0.39, 0.29) is 17.6 Å². The third-order valence-corrected chi connectivity index (χ3v) is 3.40. The van der Waals surface area contributed by atoms with Crippen LogP contribution in [-0.4, -0.2) is 38.4 Å². The van der Waals surface area contributed by atoms with Crippen LogP contribution in [0.25, 0.3) is 0 Å². The zero-order valence-corrected chi connectivity index (χ0v) is 10.5. The summed E-state index contributed by atoms with van der Waals surface area (Å²) in [6.45, 7) is 2.93. The fourth-order valence-electron chi connectivity index (χ4n) is 2.62. The molecule has 1 aliphatic rings. The number of rotatable bonds is 5. The van der Waals surface area contributed by atoms with Crippen LogP contribution in [-0.2, 0) is 14.3 Å². The summed E-state index contributed by atoms with van der Waals surface area (Å²) in [5, 5.41) is 3.45. The quantitative estimate of drug-likeness (QED) is 0.726. The monoisotopic (exact) mass is 229 g/mol. The van der Waals surface area contributed by atoms with Gasteiger partial charge >= 0.3 is 5.97 Å². The van der Waals surface area contributed by atoms with E-state index in [0.29, 0.717) is 6.42 Å². The van der Waals surface area contributed by atoms with Crippen molar-refractivity contribution in [2.45, 2.75) is 50.7 Å². The first-order valence-electron chi connectivity index (χ1n) is 6.00. The highest BCUT2D eigenvalue weighted by Crippen LogP contribution is 2.32. The minimum atomic E-state index is -0.141. The van der Waals surface area contributed by atoms with E-state index in [1.807, 2.05) is 0 Å². The Labute approximate surface area is 97.7 Å². The van der Waals surface area contributed by atoms with Crippen molar-refractivity contribution in [2.75, 3.05) is 20.8 Å². The third-order valence-electron chi connectivity index (χ3n) is 3.40. The lowest BCUT2D eigenvalue weighted by Gasteiger charge is -2.40. The number of hydrogen-bond acceptors (Lipinski definition) is 4. The maximum absolute atomic E-state index is 11.5. The van der Waals surface area contributed by atoms with Crippen molar-refractivity contribution in [1.29, 1.82) is 0 Å². The molecule has 2 unspecified atom stereocenters. The molecule has 1 saturated carbocycles. The van der Waals surface area contributed by atoms with E-state index in [4.69, 9.17) is 9.47 Å².